The maximum Gasteiger partial charge on any atom is 0.0787 e. The molecule has 5 heavy (non-hydrogen) atoms. The molecule has 0 saturated carbocycles. The summed E-state index contributed by atoms with van der Waals surface area (Å²) in [6.45, 7) is 1.96. The van der Waals surface area contributed by atoms with Gasteiger partial charge in [-0.1, -0.05) is 6.92 Å². The van der Waals surface area contributed by atoms with Gasteiger partial charge in [0.25, 0.3) is 0 Å². The van der Waals surface area contributed by atoms with E-state index in [1.807, 2.05) is 6.92 Å². The molecule has 0 saturated heterocycles. The molecule has 0 aromatic rings. The maximum absolute atomic E-state index is 9.50. The Morgan fingerprint density at radius 3 is 2.60 bits per heavy atom. The van der Waals surface area contributed by atoms with Gasteiger partial charge in [-0.15, -0.1) is 0 Å². The molecular formula is C3H7OP. The van der Waals surface area contributed by atoms with Gasteiger partial charge in [0, 0.05) is 0 Å². The topological polar surface area (TPSA) is 17.1 Å². The zero-order chi connectivity index (χ0) is 4.12. The molecule has 1 nitrogen and oxygen atoms in total. The van der Waals surface area contributed by atoms with Crippen molar-refractivity contribution in [2.75, 3.05) is 0 Å². The molecule has 0 aliphatic carbocycles. The van der Waals surface area contributed by atoms with Gasteiger partial charge in [-0.3, -0.25) is 4.57 Å². The predicted molar refractivity (Wildman–Crippen MR) is 25.4 cm³/mol. The van der Waals surface area contributed by atoms with Gasteiger partial charge in [0.05, 0.1) is 8.08 Å². The third-order valence-electron chi connectivity index (χ3n) is 0.287. The molecule has 0 spiro atoms. The molecule has 0 aromatic heterocycles. The zero-order valence-corrected chi connectivity index (χ0v) is 4.19. The summed E-state index contributed by atoms with van der Waals surface area (Å²) in [5.74, 6) is 1.72. The highest BCUT2D eigenvalue weighted by atomic mass is 31.0. The van der Waals surface area contributed by atoms with Crippen LogP contribution < -0.4 is 0 Å². The third-order valence-corrected chi connectivity index (χ3v) is 0.862. The van der Waals surface area contributed by atoms with Crippen molar-refractivity contribution in [2.24, 2.45) is 0 Å². The minimum absolute atomic E-state index is 0.217. The van der Waals surface area contributed by atoms with Crippen molar-refractivity contribution in [1.29, 1.82) is 0 Å². The highest BCUT2D eigenvalue weighted by molar-refractivity contribution is 7.24. The van der Waals surface area contributed by atoms with E-state index in [4.69, 9.17) is 0 Å². The summed E-state index contributed by atoms with van der Waals surface area (Å²) in [4.78, 5) is 0. The minimum atomic E-state index is -0.217. The fraction of sp³-hybridized carbons (Fsp3) is 0.667. The van der Waals surface area contributed by atoms with E-state index < -0.39 is 0 Å². The van der Waals surface area contributed by atoms with Crippen LogP contribution in [0.3, 0.4) is 0 Å². The number of rotatable bonds is 1. The molecule has 0 N–H and O–H groups in total. The summed E-state index contributed by atoms with van der Waals surface area (Å²) < 4.78 is 9.50. The molecule has 0 aliphatic rings. The summed E-state index contributed by atoms with van der Waals surface area (Å²) in [5.41, 5.74) is 0. The van der Waals surface area contributed by atoms with E-state index in [0.29, 0.717) is 0 Å². The standard InChI is InChI=1S/C3H7OP/c1-2-3-5-4/h3,5H,2H2,1H3. The lowest BCUT2D eigenvalue weighted by Crippen LogP contribution is -1.50. The molecule has 0 amide bonds. The molecule has 0 heterocycles. The van der Waals surface area contributed by atoms with Gasteiger partial charge in [0.15, 0.2) is 0 Å². The first-order valence-corrected chi connectivity index (χ1v) is 2.59. The molecule has 2 heteroatoms. The van der Waals surface area contributed by atoms with Gasteiger partial charge in [-0.25, -0.2) is 0 Å². The Kier molecular flexibility index (Phi) is 3.95. The molecular weight excluding hydrogens is 83.0 g/mol. The van der Waals surface area contributed by atoms with Crippen LogP contribution in [-0.2, 0) is 4.57 Å². The average Bonchev–Trinajstić information content (AvgIpc) is 1.41. The van der Waals surface area contributed by atoms with Crippen LogP contribution in [0, 0.1) is 0 Å². The Bertz CT molecular complexity index is 53.9. The van der Waals surface area contributed by atoms with Crippen molar-refractivity contribution < 1.29 is 4.57 Å². The summed E-state index contributed by atoms with van der Waals surface area (Å²) >= 11 is 0. The van der Waals surface area contributed by atoms with Crippen molar-refractivity contribution in [1.82, 2.24) is 0 Å². The van der Waals surface area contributed by atoms with Gasteiger partial charge >= 0.3 is 0 Å². The number of hydrogen-bond donors (Lipinski definition) is 0. The SMILES string of the molecule is CCC=[PH]=O. The summed E-state index contributed by atoms with van der Waals surface area (Å²) in [7, 11) is -0.217. The van der Waals surface area contributed by atoms with Crippen LogP contribution >= 0.6 is 8.08 Å². The molecule has 0 aromatic carbocycles. The van der Waals surface area contributed by atoms with E-state index in [1.54, 1.807) is 5.80 Å². The molecule has 0 radical (unpaired) electrons. The second kappa shape index (κ2) is 3.97. The Hall–Kier alpha value is -0.0300. The first-order chi connectivity index (χ1) is 2.41. The quantitative estimate of drug-likeness (QED) is 0.442. The molecule has 0 rings (SSSR count). The molecule has 30 valence electrons. The highest BCUT2D eigenvalue weighted by Crippen LogP contribution is 1.70. The fourth-order valence-electron chi connectivity index (χ4n) is 0.0833. The second-order valence-corrected chi connectivity index (χ2v) is 1.37. The summed E-state index contributed by atoms with van der Waals surface area (Å²) in [6, 6.07) is 0. The second-order valence-electron chi connectivity index (χ2n) is 0.730. The van der Waals surface area contributed by atoms with Crippen molar-refractivity contribution in [3.05, 3.63) is 0 Å². The van der Waals surface area contributed by atoms with Gasteiger partial charge in [0.1, 0.15) is 0 Å². The van der Waals surface area contributed by atoms with Crippen molar-refractivity contribution >= 4 is 13.9 Å². The monoisotopic (exact) mass is 90.0 g/mol. The molecule has 1 unspecified atom stereocenters. The molecule has 0 fully saturated rings. The Balaban J connectivity index is 2.93. The van der Waals surface area contributed by atoms with Crippen molar-refractivity contribution in [3.63, 3.8) is 0 Å². The zero-order valence-electron chi connectivity index (χ0n) is 3.19. The van der Waals surface area contributed by atoms with Crippen LogP contribution in [0.5, 0.6) is 0 Å². The van der Waals surface area contributed by atoms with E-state index in [0.717, 1.165) is 6.42 Å². The maximum atomic E-state index is 9.50. The van der Waals surface area contributed by atoms with E-state index >= 15 is 0 Å². The van der Waals surface area contributed by atoms with Crippen molar-refractivity contribution in [2.45, 2.75) is 13.3 Å². The smallest absolute Gasteiger partial charge is 0.0787 e. The fourth-order valence-corrected chi connectivity index (χ4v) is 0.250. The minimum Gasteiger partial charge on any atom is -0.286 e. The van der Waals surface area contributed by atoms with Crippen molar-refractivity contribution in [3.8, 4) is 0 Å². The van der Waals surface area contributed by atoms with Crippen LogP contribution in [0.15, 0.2) is 0 Å². The first kappa shape index (κ1) is 4.97. The van der Waals surface area contributed by atoms with Crippen LogP contribution in [-0.4, -0.2) is 5.80 Å². The lowest BCUT2D eigenvalue weighted by atomic mass is 10.6. The number of hydrogen-bond acceptors (Lipinski definition) is 1. The largest absolute Gasteiger partial charge is 0.286 e. The van der Waals surface area contributed by atoms with Gasteiger partial charge < -0.3 is 0 Å². The lowest BCUT2D eigenvalue weighted by Gasteiger charge is -1.57. The van der Waals surface area contributed by atoms with Gasteiger partial charge in [0.2, 0.25) is 0 Å². The van der Waals surface area contributed by atoms with Crippen LogP contribution in [0.4, 0.5) is 0 Å². The van der Waals surface area contributed by atoms with Gasteiger partial charge in [-0.05, 0) is 12.2 Å². The predicted octanol–water partition coefficient (Wildman–Crippen LogP) is 1.22. The van der Waals surface area contributed by atoms with E-state index in [9.17, 15) is 4.57 Å². The van der Waals surface area contributed by atoms with Crippen LogP contribution in [0.1, 0.15) is 13.3 Å². The Morgan fingerprint density at radius 1 is 2.00 bits per heavy atom. The Labute approximate surface area is 32.8 Å². The van der Waals surface area contributed by atoms with Crippen LogP contribution in [0.2, 0.25) is 0 Å². The van der Waals surface area contributed by atoms with E-state index in [-0.39, 0.29) is 8.08 Å². The third kappa shape index (κ3) is 3.97. The average molecular weight is 90.1 g/mol. The molecule has 1 atom stereocenters. The van der Waals surface area contributed by atoms with Gasteiger partial charge in [-0.2, -0.15) is 0 Å². The van der Waals surface area contributed by atoms with E-state index in [2.05, 4.69) is 0 Å². The lowest BCUT2D eigenvalue weighted by molar-refractivity contribution is 0.606. The first-order valence-electron chi connectivity index (χ1n) is 1.61. The normalized spacial score (nSPS) is 8.20. The summed E-state index contributed by atoms with van der Waals surface area (Å²) in [5, 5.41) is 0. The molecule has 0 bridgehead atoms. The highest BCUT2D eigenvalue weighted by Gasteiger charge is 1.51. The van der Waals surface area contributed by atoms with E-state index in [1.165, 1.54) is 0 Å². The van der Waals surface area contributed by atoms with Crippen LogP contribution in [0.25, 0.3) is 0 Å². The molecule has 0 aliphatic heterocycles. The Morgan fingerprint density at radius 2 is 2.60 bits per heavy atom. The summed E-state index contributed by atoms with van der Waals surface area (Å²) in [6.07, 6.45) is 0.919.